The second-order valence-corrected chi connectivity index (χ2v) is 11.5. The molecule has 0 atom stereocenters. The molecular weight excluding hydrogens is 516 g/mol. The minimum Gasteiger partial charge on any atom is -0.286 e. The lowest BCUT2D eigenvalue weighted by Crippen LogP contribution is -2.31. The van der Waals surface area contributed by atoms with E-state index in [-0.39, 0.29) is 48.2 Å². The molecule has 2 heterocycles. The first-order valence-corrected chi connectivity index (χ1v) is 13.9. The summed E-state index contributed by atoms with van der Waals surface area (Å²) in [5.41, 5.74) is 1.43. The molecule has 2 aromatic carbocycles. The van der Waals surface area contributed by atoms with Crippen molar-refractivity contribution in [2.75, 3.05) is 24.6 Å². The molecule has 2 aliphatic rings. The molecule has 0 fully saturated rings. The average molecular weight is 537 g/mol. The van der Waals surface area contributed by atoms with Gasteiger partial charge in [0.05, 0.1) is 33.8 Å². The van der Waals surface area contributed by atoms with Crippen molar-refractivity contribution in [1.82, 2.24) is 9.80 Å². The van der Waals surface area contributed by atoms with E-state index in [4.69, 9.17) is 9.11 Å². The van der Waals surface area contributed by atoms with Crippen molar-refractivity contribution in [2.24, 2.45) is 0 Å². The average Bonchev–Trinajstić information content (AvgIpc) is 3.17. The first kappa shape index (κ1) is 25.6. The van der Waals surface area contributed by atoms with Crippen molar-refractivity contribution in [3.05, 3.63) is 58.7 Å². The Morgan fingerprint density at radius 1 is 0.556 bits per heavy atom. The van der Waals surface area contributed by atoms with Gasteiger partial charge in [0, 0.05) is 13.1 Å². The molecule has 190 valence electrons. The third-order valence-corrected chi connectivity index (χ3v) is 7.45. The summed E-state index contributed by atoms with van der Waals surface area (Å²) < 4.78 is 61.3. The standard InChI is InChI=1S/C22H20N2O10S2/c25-19-15-5-3-13(11-17(15)21(27)23(19)7-1-9-35(29,30)31)14-4-6-16-18(12-14)22(28)24(20(16)26)8-2-10-36(32,33)34/h3-6,11-12H,1-2,7-10H2,(H,29,30,31)(H,32,33,34). The van der Waals surface area contributed by atoms with Gasteiger partial charge < -0.3 is 0 Å². The minimum atomic E-state index is -4.23. The molecule has 0 spiro atoms. The Balaban J connectivity index is 1.55. The Morgan fingerprint density at radius 2 is 0.889 bits per heavy atom. The van der Waals surface area contributed by atoms with Gasteiger partial charge in [-0.2, -0.15) is 16.8 Å². The van der Waals surface area contributed by atoms with Gasteiger partial charge in [-0.15, -0.1) is 0 Å². The van der Waals surface area contributed by atoms with Gasteiger partial charge >= 0.3 is 0 Å². The lowest BCUT2D eigenvalue weighted by molar-refractivity contribution is 0.0639. The summed E-state index contributed by atoms with van der Waals surface area (Å²) in [6.07, 6.45) is -0.252. The van der Waals surface area contributed by atoms with E-state index in [1.54, 1.807) is 12.1 Å². The molecule has 0 saturated carbocycles. The Morgan fingerprint density at radius 3 is 1.22 bits per heavy atom. The number of carbonyl (C=O) groups is 4. The van der Waals surface area contributed by atoms with E-state index < -0.39 is 55.4 Å². The normalized spacial score (nSPS) is 15.6. The fourth-order valence-electron chi connectivity index (χ4n) is 4.16. The van der Waals surface area contributed by atoms with Crippen LogP contribution in [0.4, 0.5) is 0 Å². The maximum atomic E-state index is 12.8. The van der Waals surface area contributed by atoms with Crippen molar-refractivity contribution >= 4 is 43.9 Å². The topological polar surface area (TPSA) is 184 Å². The number of nitrogens with zero attached hydrogens (tertiary/aromatic N) is 2. The Bertz CT molecular complexity index is 1410. The fraction of sp³-hybridized carbons (Fsp3) is 0.273. The van der Waals surface area contributed by atoms with E-state index in [0.29, 0.717) is 11.1 Å². The number of fused-ring (bicyclic) bond motifs is 2. The van der Waals surface area contributed by atoms with Gasteiger partial charge in [-0.3, -0.25) is 38.1 Å². The van der Waals surface area contributed by atoms with Crippen LogP contribution in [0.5, 0.6) is 0 Å². The number of hydrogen-bond donors (Lipinski definition) is 2. The Kier molecular flexibility index (Phi) is 6.55. The van der Waals surface area contributed by atoms with Gasteiger partial charge in [-0.05, 0) is 48.2 Å². The second kappa shape index (κ2) is 9.20. The molecule has 0 unspecified atom stereocenters. The van der Waals surface area contributed by atoms with Crippen LogP contribution in [-0.2, 0) is 20.2 Å². The van der Waals surface area contributed by atoms with Gasteiger partial charge in [0.15, 0.2) is 0 Å². The SMILES string of the molecule is O=C1c2ccc(-c3ccc4c(c3)C(=O)N(CCCS(=O)(=O)O)C4=O)cc2C(=O)N1CCCS(=O)(=O)O. The highest BCUT2D eigenvalue weighted by molar-refractivity contribution is 7.86. The highest BCUT2D eigenvalue weighted by Gasteiger charge is 2.37. The summed E-state index contributed by atoms with van der Waals surface area (Å²) in [5, 5.41) is 0. The maximum Gasteiger partial charge on any atom is 0.264 e. The van der Waals surface area contributed by atoms with Crippen LogP contribution in [0.2, 0.25) is 0 Å². The molecule has 2 aromatic rings. The largest absolute Gasteiger partial charge is 0.286 e. The first-order valence-electron chi connectivity index (χ1n) is 10.7. The van der Waals surface area contributed by atoms with Crippen LogP contribution in [0.3, 0.4) is 0 Å². The van der Waals surface area contributed by atoms with Gasteiger partial charge in [0.1, 0.15) is 0 Å². The van der Waals surface area contributed by atoms with Crippen molar-refractivity contribution in [2.45, 2.75) is 12.8 Å². The summed E-state index contributed by atoms with van der Waals surface area (Å²) in [4.78, 5) is 52.5. The minimum absolute atomic E-state index is 0.0964. The van der Waals surface area contributed by atoms with E-state index >= 15 is 0 Å². The van der Waals surface area contributed by atoms with Crippen molar-refractivity contribution in [1.29, 1.82) is 0 Å². The summed E-state index contributed by atoms with van der Waals surface area (Å²) >= 11 is 0. The molecule has 0 aromatic heterocycles. The summed E-state index contributed by atoms with van der Waals surface area (Å²) in [6.45, 7) is -0.380. The van der Waals surface area contributed by atoms with Crippen molar-refractivity contribution in [3.8, 4) is 11.1 Å². The zero-order chi connectivity index (χ0) is 26.4. The summed E-state index contributed by atoms with van der Waals surface area (Å²) in [6, 6.07) is 8.94. The van der Waals surface area contributed by atoms with Crippen LogP contribution in [0.15, 0.2) is 36.4 Å². The number of hydrogen-bond acceptors (Lipinski definition) is 8. The van der Waals surface area contributed by atoms with Gasteiger partial charge in [0.25, 0.3) is 43.9 Å². The van der Waals surface area contributed by atoms with Crippen molar-refractivity contribution in [3.63, 3.8) is 0 Å². The number of rotatable bonds is 9. The van der Waals surface area contributed by atoms with Gasteiger partial charge in [-0.1, -0.05) is 12.1 Å². The zero-order valence-corrected chi connectivity index (χ0v) is 20.2. The molecule has 0 aliphatic carbocycles. The number of amides is 4. The third kappa shape index (κ3) is 5.06. The summed E-state index contributed by atoms with van der Waals surface area (Å²) in [7, 11) is -8.46. The van der Waals surface area contributed by atoms with E-state index in [2.05, 4.69) is 0 Å². The van der Waals surface area contributed by atoms with Crippen LogP contribution >= 0.6 is 0 Å². The molecule has 2 aliphatic heterocycles. The number of benzene rings is 2. The quantitative estimate of drug-likeness (QED) is 0.347. The van der Waals surface area contributed by atoms with E-state index in [0.717, 1.165) is 9.80 Å². The highest BCUT2D eigenvalue weighted by Crippen LogP contribution is 2.32. The van der Waals surface area contributed by atoms with Gasteiger partial charge in [0.2, 0.25) is 0 Å². The molecule has 0 radical (unpaired) electrons. The van der Waals surface area contributed by atoms with Crippen LogP contribution in [-0.4, -0.2) is 84.0 Å². The van der Waals surface area contributed by atoms with Gasteiger partial charge in [-0.25, -0.2) is 0 Å². The molecule has 12 nitrogen and oxygen atoms in total. The fourth-order valence-corrected chi connectivity index (χ4v) is 5.14. The molecule has 0 bridgehead atoms. The van der Waals surface area contributed by atoms with E-state index in [9.17, 15) is 36.0 Å². The molecule has 0 saturated heterocycles. The number of imide groups is 2. The maximum absolute atomic E-state index is 12.8. The smallest absolute Gasteiger partial charge is 0.264 e. The Hall–Kier alpha value is -3.46. The van der Waals surface area contributed by atoms with Crippen LogP contribution in [0.1, 0.15) is 54.3 Å². The monoisotopic (exact) mass is 536 g/mol. The molecule has 4 amide bonds. The lowest BCUT2D eigenvalue weighted by Gasteiger charge is -2.12. The van der Waals surface area contributed by atoms with E-state index in [1.807, 2.05) is 0 Å². The third-order valence-electron chi connectivity index (χ3n) is 5.84. The summed E-state index contributed by atoms with van der Waals surface area (Å²) in [5.74, 6) is -3.62. The molecule has 4 rings (SSSR count). The predicted octanol–water partition coefficient (Wildman–Crippen LogP) is 1.10. The van der Waals surface area contributed by atoms with Crippen molar-refractivity contribution < 1.29 is 45.1 Å². The Labute approximate surface area is 206 Å². The van der Waals surface area contributed by atoms with Crippen LogP contribution in [0.25, 0.3) is 11.1 Å². The second-order valence-electron chi connectivity index (χ2n) is 8.32. The molecule has 14 heteroatoms. The molecular formula is C22H20N2O10S2. The van der Waals surface area contributed by atoms with E-state index in [1.165, 1.54) is 24.3 Å². The first-order chi connectivity index (χ1) is 16.8. The molecule has 2 N–H and O–H groups in total. The highest BCUT2D eigenvalue weighted by atomic mass is 32.2. The lowest BCUT2D eigenvalue weighted by atomic mass is 9.97. The number of carbonyl (C=O) groups excluding carboxylic acids is 4. The zero-order valence-electron chi connectivity index (χ0n) is 18.6. The molecule has 36 heavy (non-hydrogen) atoms. The van der Waals surface area contributed by atoms with Crippen LogP contribution < -0.4 is 0 Å². The predicted molar refractivity (Wildman–Crippen MR) is 125 cm³/mol. The van der Waals surface area contributed by atoms with Crippen LogP contribution in [0, 0.1) is 0 Å².